The summed E-state index contributed by atoms with van der Waals surface area (Å²) in [6, 6.07) is 0. The fraction of sp³-hybridized carbons (Fsp3) is 0.500. The van der Waals surface area contributed by atoms with E-state index in [-0.39, 0.29) is 5.41 Å². The molecule has 0 saturated carbocycles. The summed E-state index contributed by atoms with van der Waals surface area (Å²) in [5, 5.41) is 0. The van der Waals surface area contributed by atoms with Crippen LogP contribution in [0.2, 0.25) is 0 Å². The van der Waals surface area contributed by atoms with Crippen LogP contribution in [-0.4, -0.2) is 13.3 Å². The highest BCUT2D eigenvalue weighted by atomic mass is 14.6. The van der Waals surface area contributed by atoms with Crippen LogP contribution >= 0.6 is 0 Å². The quantitative estimate of drug-likeness (QED) is 0.425. The second-order valence-electron chi connectivity index (χ2n) is 3.48. The number of rotatable bonds is 2. The Bertz CT molecular complexity index is 180. The summed E-state index contributed by atoms with van der Waals surface area (Å²) in [7, 11) is 1.76. The smallest absolute Gasteiger partial charge is 0.0277 e. The van der Waals surface area contributed by atoms with Gasteiger partial charge in [0.2, 0.25) is 0 Å². The highest BCUT2D eigenvalue weighted by molar-refractivity contribution is 5.73. The molecule has 0 aliphatic carbocycles. The Morgan fingerprint density at radius 1 is 1.36 bits per heavy atom. The first kappa shape index (κ1) is 10.2. The number of allylic oxidation sites excluding steroid dienone is 3. The summed E-state index contributed by atoms with van der Waals surface area (Å²) in [6.45, 7) is 10.2. The SMILES string of the molecule is C=C/C(=C\C=NC)C(C)(C)C. The van der Waals surface area contributed by atoms with Gasteiger partial charge in [0.25, 0.3) is 0 Å². The number of hydrogen-bond donors (Lipinski definition) is 0. The van der Waals surface area contributed by atoms with E-state index in [1.807, 2.05) is 12.2 Å². The normalized spacial score (nSPS) is 14.0. The van der Waals surface area contributed by atoms with Gasteiger partial charge in [-0.2, -0.15) is 0 Å². The van der Waals surface area contributed by atoms with Gasteiger partial charge >= 0.3 is 0 Å². The first-order chi connectivity index (χ1) is 5.02. The third-order valence-corrected chi connectivity index (χ3v) is 1.49. The molecule has 0 saturated heterocycles. The largest absolute Gasteiger partial charge is 0.297 e. The van der Waals surface area contributed by atoms with Crippen LogP contribution in [0, 0.1) is 5.41 Å². The zero-order chi connectivity index (χ0) is 8.91. The van der Waals surface area contributed by atoms with Gasteiger partial charge in [-0.05, 0) is 17.1 Å². The van der Waals surface area contributed by atoms with Crippen LogP contribution in [0.1, 0.15) is 20.8 Å². The Morgan fingerprint density at radius 2 is 1.91 bits per heavy atom. The van der Waals surface area contributed by atoms with E-state index in [0.717, 1.165) is 0 Å². The maximum absolute atomic E-state index is 3.89. The molecule has 0 radical (unpaired) electrons. The summed E-state index contributed by atoms with van der Waals surface area (Å²) in [5.74, 6) is 0. The molecule has 0 aliphatic heterocycles. The average Bonchev–Trinajstić information content (AvgIpc) is 1.87. The molecule has 0 atom stereocenters. The second-order valence-corrected chi connectivity index (χ2v) is 3.48. The molecular weight excluding hydrogens is 134 g/mol. The van der Waals surface area contributed by atoms with Crippen molar-refractivity contribution in [2.45, 2.75) is 20.8 Å². The molecule has 62 valence electrons. The van der Waals surface area contributed by atoms with E-state index in [1.54, 1.807) is 13.3 Å². The number of aliphatic imine (C=N–C) groups is 1. The van der Waals surface area contributed by atoms with E-state index >= 15 is 0 Å². The molecule has 0 unspecified atom stereocenters. The minimum atomic E-state index is 0.170. The first-order valence-corrected chi connectivity index (χ1v) is 3.77. The van der Waals surface area contributed by atoms with Gasteiger partial charge in [-0.3, -0.25) is 4.99 Å². The molecule has 0 aromatic rings. The Kier molecular flexibility index (Phi) is 3.80. The molecule has 0 fully saturated rings. The van der Waals surface area contributed by atoms with Crippen molar-refractivity contribution in [3.8, 4) is 0 Å². The lowest BCUT2D eigenvalue weighted by molar-refractivity contribution is 0.518. The predicted molar refractivity (Wildman–Crippen MR) is 52.2 cm³/mol. The topological polar surface area (TPSA) is 12.4 Å². The molecule has 0 amide bonds. The van der Waals surface area contributed by atoms with Crippen molar-refractivity contribution in [2.75, 3.05) is 7.05 Å². The Labute approximate surface area is 69.5 Å². The molecule has 0 rings (SSSR count). The summed E-state index contributed by atoms with van der Waals surface area (Å²) in [4.78, 5) is 3.89. The molecule has 0 aromatic heterocycles. The van der Waals surface area contributed by atoms with Crippen molar-refractivity contribution in [3.05, 3.63) is 24.3 Å². The van der Waals surface area contributed by atoms with Crippen molar-refractivity contribution in [3.63, 3.8) is 0 Å². The maximum atomic E-state index is 3.89. The van der Waals surface area contributed by atoms with Crippen molar-refractivity contribution < 1.29 is 0 Å². The maximum Gasteiger partial charge on any atom is 0.0277 e. The van der Waals surface area contributed by atoms with Gasteiger partial charge in [-0.1, -0.05) is 33.4 Å². The van der Waals surface area contributed by atoms with Gasteiger partial charge in [-0.15, -0.1) is 0 Å². The van der Waals surface area contributed by atoms with Gasteiger partial charge in [0.15, 0.2) is 0 Å². The van der Waals surface area contributed by atoms with Crippen molar-refractivity contribution in [2.24, 2.45) is 10.4 Å². The van der Waals surface area contributed by atoms with Crippen LogP contribution < -0.4 is 0 Å². The number of nitrogens with zero attached hydrogens (tertiary/aromatic N) is 1. The van der Waals surface area contributed by atoms with Crippen molar-refractivity contribution >= 4 is 6.21 Å². The standard InChI is InChI=1S/C10H17N/c1-6-9(7-8-11-5)10(2,3)4/h6-8H,1H2,2-5H3/b9-7+,11-8?. The van der Waals surface area contributed by atoms with E-state index in [1.165, 1.54) is 5.57 Å². The average molecular weight is 151 g/mol. The van der Waals surface area contributed by atoms with Gasteiger partial charge in [0, 0.05) is 13.3 Å². The van der Waals surface area contributed by atoms with Crippen molar-refractivity contribution in [1.82, 2.24) is 0 Å². The molecular formula is C10H17N. The third-order valence-electron chi connectivity index (χ3n) is 1.49. The Morgan fingerprint density at radius 3 is 2.18 bits per heavy atom. The Hall–Kier alpha value is -0.850. The van der Waals surface area contributed by atoms with Crippen LogP contribution in [-0.2, 0) is 0 Å². The molecule has 0 aliphatic rings. The first-order valence-electron chi connectivity index (χ1n) is 3.77. The Balaban J connectivity index is 4.53. The highest BCUT2D eigenvalue weighted by Gasteiger charge is 2.12. The van der Waals surface area contributed by atoms with E-state index in [2.05, 4.69) is 32.3 Å². The van der Waals surface area contributed by atoms with E-state index in [0.29, 0.717) is 0 Å². The molecule has 0 heterocycles. The van der Waals surface area contributed by atoms with Gasteiger partial charge in [0.1, 0.15) is 0 Å². The van der Waals surface area contributed by atoms with Gasteiger partial charge < -0.3 is 0 Å². The van der Waals surface area contributed by atoms with Gasteiger partial charge in [-0.25, -0.2) is 0 Å². The molecule has 0 bridgehead atoms. The fourth-order valence-electron chi connectivity index (χ4n) is 0.779. The van der Waals surface area contributed by atoms with E-state index < -0.39 is 0 Å². The molecule has 11 heavy (non-hydrogen) atoms. The lowest BCUT2D eigenvalue weighted by Crippen LogP contribution is -2.07. The second kappa shape index (κ2) is 4.12. The molecule has 1 heteroatoms. The summed E-state index contributed by atoms with van der Waals surface area (Å²) in [5.41, 5.74) is 1.38. The van der Waals surface area contributed by atoms with Crippen LogP contribution in [0.25, 0.3) is 0 Å². The zero-order valence-electron chi connectivity index (χ0n) is 7.89. The highest BCUT2D eigenvalue weighted by Crippen LogP contribution is 2.24. The minimum absolute atomic E-state index is 0.170. The predicted octanol–water partition coefficient (Wildman–Crippen LogP) is 2.85. The lowest BCUT2D eigenvalue weighted by Gasteiger charge is -2.19. The molecule has 0 N–H and O–H groups in total. The third kappa shape index (κ3) is 3.76. The van der Waals surface area contributed by atoms with Crippen LogP contribution in [0.3, 0.4) is 0 Å². The van der Waals surface area contributed by atoms with E-state index in [9.17, 15) is 0 Å². The minimum Gasteiger partial charge on any atom is -0.297 e. The van der Waals surface area contributed by atoms with Crippen molar-refractivity contribution in [1.29, 1.82) is 0 Å². The van der Waals surface area contributed by atoms with Crippen LogP contribution in [0.4, 0.5) is 0 Å². The fourth-order valence-corrected chi connectivity index (χ4v) is 0.779. The van der Waals surface area contributed by atoms with E-state index in [4.69, 9.17) is 0 Å². The van der Waals surface area contributed by atoms with Crippen LogP contribution in [0.15, 0.2) is 29.3 Å². The lowest BCUT2D eigenvalue weighted by atomic mass is 9.86. The molecule has 1 nitrogen and oxygen atoms in total. The molecule has 0 aromatic carbocycles. The zero-order valence-corrected chi connectivity index (χ0v) is 7.89. The molecule has 0 spiro atoms. The van der Waals surface area contributed by atoms with Gasteiger partial charge in [0.05, 0.1) is 0 Å². The van der Waals surface area contributed by atoms with Crippen LogP contribution in [0.5, 0.6) is 0 Å². The monoisotopic (exact) mass is 151 g/mol. The number of hydrogen-bond acceptors (Lipinski definition) is 1. The summed E-state index contributed by atoms with van der Waals surface area (Å²) >= 11 is 0. The summed E-state index contributed by atoms with van der Waals surface area (Å²) < 4.78 is 0. The summed E-state index contributed by atoms with van der Waals surface area (Å²) in [6.07, 6.45) is 5.66.